The molecule has 0 bridgehead atoms. The van der Waals surface area contributed by atoms with Gasteiger partial charge in [-0.3, -0.25) is 4.68 Å². The van der Waals surface area contributed by atoms with E-state index in [2.05, 4.69) is 11.3 Å². The van der Waals surface area contributed by atoms with Crippen LogP contribution in [0.2, 0.25) is 5.02 Å². The Morgan fingerprint density at radius 2 is 2.44 bits per heavy atom. The van der Waals surface area contributed by atoms with Gasteiger partial charge in [-0.05, 0) is 6.42 Å². The summed E-state index contributed by atoms with van der Waals surface area (Å²) in [4.78, 5) is 0. The van der Waals surface area contributed by atoms with Gasteiger partial charge >= 0.3 is 0 Å². The standard InChI is InChI=1S/C6H8ClN2/c1-3-6-5(7)4-9(2)8-6/h3H2,1-2H3. The maximum Gasteiger partial charge on any atom is 0.106 e. The lowest BCUT2D eigenvalue weighted by molar-refractivity contribution is 0.741. The third-order valence-corrected chi connectivity index (χ3v) is 1.42. The van der Waals surface area contributed by atoms with Crippen LogP contribution < -0.4 is 0 Å². The summed E-state index contributed by atoms with van der Waals surface area (Å²) in [6.07, 6.45) is 3.70. The Kier molecular flexibility index (Phi) is 1.76. The Balaban J connectivity index is 3.01. The molecule has 1 radical (unpaired) electrons. The quantitative estimate of drug-likeness (QED) is 0.582. The smallest absolute Gasteiger partial charge is 0.106 e. The van der Waals surface area contributed by atoms with Crippen LogP contribution in [-0.2, 0) is 13.5 Å². The lowest BCUT2D eigenvalue weighted by Crippen LogP contribution is -1.89. The predicted molar refractivity (Wildman–Crippen MR) is 36.4 cm³/mol. The summed E-state index contributed by atoms with van der Waals surface area (Å²) in [6, 6.07) is 0. The summed E-state index contributed by atoms with van der Waals surface area (Å²) in [7, 11) is 1.81. The van der Waals surface area contributed by atoms with Crippen molar-refractivity contribution in [3.8, 4) is 0 Å². The van der Waals surface area contributed by atoms with Crippen molar-refractivity contribution in [2.45, 2.75) is 13.3 Å². The minimum atomic E-state index is 0.639. The Bertz CT molecular complexity index is 205. The van der Waals surface area contributed by atoms with Crippen LogP contribution in [0.1, 0.15) is 12.6 Å². The van der Waals surface area contributed by atoms with E-state index in [1.165, 1.54) is 0 Å². The average Bonchev–Trinajstić information content (AvgIpc) is 2.10. The van der Waals surface area contributed by atoms with Gasteiger partial charge in [0.25, 0.3) is 0 Å². The third kappa shape index (κ3) is 1.24. The van der Waals surface area contributed by atoms with Gasteiger partial charge in [-0.15, -0.1) is 0 Å². The first-order chi connectivity index (χ1) is 4.24. The zero-order chi connectivity index (χ0) is 6.85. The Morgan fingerprint density at radius 3 is 2.67 bits per heavy atom. The molecule has 1 aromatic rings. The number of halogens is 1. The Labute approximate surface area is 59.4 Å². The van der Waals surface area contributed by atoms with Crippen molar-refractivity contribution in [1.29, 1.82) is 0 Å². The summed E-state index contributed by atoms with van der Waals surface area (Å²) in [5.74, 6) is 0. The van der Waals surface area contributed by atoms with Crippen molar-refractivity contribution in [2.24, 2.45) is 7.05 Å². The Hall–Kier alpha value is -0.500. The maximum atomic E-state index is 5.71. The molecule has 9 heavy (non-hydrogen) atoms. The van der Waals surface area contributed by atoms with E-state index in [4.69, 9.17) is 11.6 Å². The zero-order valence-corrected chi connectivity index (χ0v) is 6.24. The molecule has 1 heterocycles. The van der Waals surface area contributed by atoms with E-state index in [1.54, 1.807) is 4.68 Å². The highest BCUT2D eigenvalue weighted by atomic mass is 35.5. The second kappa shape index (κ2) is 2.40. The van der Waals surface area contributed by atoms with Gasteiger partial charge in [0.05, 0.1) is 10.7 Å². The molecular formula is C6H8ClN2. The fourth-order valence-electron chi connectivity index (χ4n) is 0.682. The summed E-state index contributed by atoms with van der Waals surface area (Å²) >= 11 is 5.71. The first-order valence-corrected chi connectivity index (χ1v) is 3.22. The van der Waals surface area contributed by atoms with Gasteiger partial charge in [0.15, 0.2) is 0 Å². The SMILES string of the molecule is CCc1nn(C)[c]c1Cl. The first kappa shape index (κ1) is 6.62. The first-order valence-electron chi connectivity index (χ1n) is 2.84. The van der Waals surface area contributed by atoms with E-state index in [9.17, 15) is 0 Å². The number of hydrogen-bond acceptors (Lipinski definition) is 1. The second-order valence-electron chi connectivity index (χ2n) is 1.85. The topological polar surface area (TPSA) is 17.8 Å². The Morgan fingerprint density at radius 1 is 1.78 bits per heavy atom. The number of aryl methyl sites for hydroxylation is 2. The van der Waals surface area contributed by atoms with Crippen LogP contribution in [-0.4, -0.2) is 9.78 Å². The molecule has 0 aliphatic rings. The predicted octanol–water partition coefficient (Wildman–Crippen LogP) is 1.44. The molecule has 0 atom stereocenters. The molecule has 0 fully saturated rings. The summed E-state index contributed by atoms with van der Waals surface area (Å²) in [5.41, 5.74) is 0.916. The van der Waals surface area contributed by atoms with Gasteiger partial charge in [0.2, 0.25) is 0 Å². The van der Waals surface area contributed by atoms with Crippen LogP contribution in [0.25, 0.3) is 0 Å². The highest BCUT2D eigenvalue weighted by molar-refractivity contribution is 6.30. The van der Waals surface area contributed by atoms with Crippen LogP contribution in [0, 0.1) is 6.20 Å². The maximum absolute atomic E-state index is 5.71. The molecule has 0 aliphatic carbocycles. The van der Waals surface area contributed by atoms with E-state index in [0.29, 0.717) is 5.02 Å². The van der Waals surface area contributed by atoms with Crippen molar-refractivity contribution in [1.82, 2.24) is 9.78 Å². The minimum Gasteiger partial charge on any atom is -0.264 e. The molecule has 0 unspecified atom stereocenters. The summed E-state index contributed by atoms with van der Waals surface area (Å²) in [5, 5.41) is 4.70. The lowest BCUT2D eigenvalue weighted by atomic mass is 10.3. The normalized spacial score (nSPS) is 10.1. The molecule has 0 amide bonds. The number of rotatable bonds is 1. The van der Waals surface area contributed by atoms with E-state index in [0.717, 1.165) is 12.1 Å². The fraction of sp³-hybridized carbons (Fsp3) is 0.500. The second-order valence-corrected chi connectivity index (χ2v) is 2.23. The van der Waals surface area contributed by atoms with Gasteiger partial charge in [-0.1, -0.05) is 18.5 Å². The van der Waals surface area contributed by atoms with Crippen molar-refractivity contribution in [3.63, 3.8) is 0 Å². The van der Waals surface area contributed by atoms with E-state index in [1.807, 2.05) is 14.0 Å². The molecule has 1 aromatic heterocycles. The van der Waals surface area contributed by atoms with E-state index >= 15 is 0 Å². The molecule has 0 aliphatic heterocycles. The monoisotopic (exact) mass is 143 g/mol. The van der Waals surface area contributed by atoms with Crippen LogP contribution in [0.15, 0.2) is 0 Å². The average molecular weight is 144 g/mol. The largest absolute Gasteiger partial charge is 0.264 e. The molecule has 0 N–H and O–H groups in total. The molecule has 0 aromatic carbocycles. The van der Waals surface area contributed by atoms with Gasteiger partial charge in [-0.2, -0.15) is 5.10 Å². The van der Waals surface area contributed by atoms with Gasteiger partial charge in [-0.25, -0.2) is 0 Å². The molecule has 49 valence electrons. The van der Waals surface area contributed by atoms with Gasteiger partial charge in [0.1, 0.15) is 6.20 Å². The molecule has 0 saturated heterocycles. The number of nitrogens with zero attached hydrogens (tertiary/aromatic N) is 2. The number of hydrogen-bond donors (Lipinski definition) is 0. The van der Waals surface area contributed by atoms with Crippen LogP contribution in [0.5, 0.6) is 0 Å². The van der Waals surface area contributed by atoms with Crippen molar-refractivity contribution in [2.75, 3.05) is 0 Å². The highest BCUT2D eigenvalue weighted by Gasteiger charge is 2.00. The fourth-order valence-corrected chi connectivity index (χ4v) is 0.976. The minimum absolute atomic E-state index is 0.639. The van der Waals surface area contributed by atoms with Crippen molar-refractivity contribution < 1.29 is 0 Å². The molecule has 1 rings (SSSR count). The molecular weight excluding hydrogens is 136 g/mol. The molecule has 3 heteroatoms. The van der Waals surface area contributed by atoms with Gasteiger partial charge in [0, 0.05) is 7.05 Å². The molecule has 0 spiro atoms. The number of aromatic nitrogens is 2. The van der Waals surface area contributed by atoms with Crippen LogP contribution >= 0.6 is 11.6 Å². The third-order valence-electron chi connectivity index (χ3n) is 1.12. The van der Waals surface area contributed by atoms with E-state index < -0.39 is 0 Å². The van der Waals surface area contributed by atoms with Gasteiger partial charge < -0.3 is 0 Å². The summed E-state index contributed by atoms with van der Waals surface area (Å²) in [6.45, 7) is 2.02. The lowest BCUT2D eigenvalue weighted by Gasteiger charge is -1.84. The van der Waals surface area contributed by atoms with Crippen molar-refractivity contribution >= 4 is 11.6 Å². The van der Waals surface area contributed by atoms with Crippen LogP contribution in [0.3, 0.4) is 0 Å². The summed E-state index contributed by atoms with van der Waals surface area (Å²) < 4.78 is 1.60. The van der Waals surface area contributed by atoms with E-state index in [-0.39, 0.29) is 0 Å². The van der Waals surface area contributed by atoms with Crippen molar-refractivity contribution in [3.05, 3.63) is 16.9 Å². The highest BCUT2D eigenvalue weighted by Crippen LogP contribution is 2.11. The van der Waals surface area contributed by atoms with Crippen LogP contribution in [0.4, 0.5) is 0 Å². The zero-order valence-electron chi connectivity index (χ0n) is 5.48. The molecule has 2 nitrogen and oxygen atoms in total. The molecule has 0 saturated carbocycles.